The number of hydrogen-bond acceptors (Lipinski definition) is 3. The van der Waals surface area contributed by atoms with Crippen molar-refractivity contribution in [3.05, 3.63) is 58.4 Å². The molecule has 1 aromatic carbocycles. The quantitative estimate of drug-likeness (QED) is 0.826. The molecule has 0 aliphatic carbocycles. The van der Waals surface area contributed by atoms with Crippen molar-refractivity contribution in [2.24, 2.45) is 5.92 Å². The molecule has 6 heteroatoms. The molecule has 6 nitrogen and oxygen atoms in total. The molecule has 0 bridgehead atoms. The zero-order valence-electron chi connectivity index (χ0n) is 15.1. The molecule has 136 valence electrons. The molecule has 1 aliphatic heterocycles. The first-order chi connectivity index (χ1) is 12.3. The first-order valence-electron chi connectivity index (χ1n) is 8.58. The second-order valence-electron chi connectivity index (χ2n) is 6.85. The molecule has 1 saturated heterocycles. The summed E-state index contributed by atoms with van der Waals surface area (Å²) in [4.78, 5) is 41.1. The van der Waals surface area contributed by atoms with E-state index in [4.69, 9.17) is 0 Å². The Balaban J connectivity index is 1.91. The van der Waals surface area contributed by atoms with Crippen LogP contribution >= 0.6 is 0 Å². The van der Waals surface area contributed by atoms with E-state index in [1.54, 1.807) is 18.7 Å². The lowest BCUT2D eigenvalue weighted by atomic mass is 9.89. The van der Waals surface area contributed by atoms with Gasteiger partial charge >= 0.3 is 5.97 Å². The number of aryl methyl sites for hydroxylation is 1. The van der Waals surface area contributed by atoms with Crippen molar-refractivity contribution in [2.75, 3.05) is 13.1 Å². The third-order valence-corrected chi connectivity index (χ3v) is 5.16. The number of carbonyl (C=O) groups is 3. The molecule has 2 atom stereocenters. The van der Waals surface area contributed by atoms with Gasteiger partial charge < -0.3 is 15.0 Å². The zero-order valence-corrected chi connectivity index (χ0v) is 15.1. The van der Waals surface area contributed by atoms with Crippen LogP contribution in [0.1, 0.15) is 50.5 Å². The largest absolute Gasteiger partial charge is 0.481 e. The van der Waals surface area contributed by atoms with Gasteiger partial charge in [-0.25, -0.2) is 0 Å². The molecule has 1 aromatic heterocycles. The van der Waals surface area contributed by atoms with Crippen molar-refractivity contribution in [1.82, 2.24) is 9.88 Å². The van der Waals surface area contributed by atoms with Gasteiger partial charge in [-0.1, -0.05) is 30.3 Å². The highest BCUT2D eigenvalue weighted by Crippen LogP contribution is 2.34. The molecule has 1 aliphatic rings. The summed E-state index contributed by atoms with van der Waals surface area (Å²) in [6.45, 7) is 5.47. The molecule has 0 radical (unpaired) electrons. The van der Waals surface area contributed by atoms with Crippen LogP contribution in [-0.4, -0.2) is 45.7 Å². The number of aromatic nitrogens is 1. The first-order valence-corrected chi connectivity index (χ1v) is 8.58. The highest BCUT2D eigenvalue weighted by molar-refractivity contribution is 6.02. The number of carboxylic acids is 1. The molecular formula is C20H22N2O4. The fourth-order valence-electron chi connectivity index (χ4n) is 3.91. The predicted octanol–water partition coefficient (Wildman–Crippen LogP) is 2.77. The van der Waals surface area contributed by atoms with E-state index in [0.29, 0.717) is 29.1 Å². The van der Waals surface area contributed by atoms with E-state index in [2.05, 4.69) is 4.98 Å². The number of aliphatic carboxylic acids is 1. The second kappa shape index (κ2) is 6.78. The number of amides is 1. The van der Waals surface area contributed by atoms with Crippen LogP contribution in [0.15, 0.2) is 30.3 Å². The number of nitrogens with zero attached hydrogens (tertiary/aromatic N) is 1. The Kier molecular flexibility index (Phi) is 4.68. The predicted molar refractivity (Wildman–Crippen MR) is 96.5 cm³/mol. The Morgan fingerprint density at radius 2 is 1.77 bits per heavy atom. The number of benzene rings is 1. The molecule has 1 fully saturated rings. The number of likely N-dealkylation sites (tertiary alicyclic amines) is 1. The number of carboxylic acid groups (broad SMARTS) is 1. The van der Waals surface area contributed by atoms with E-state index in [9.17, 15) is 19.5 Å². The Morgan fingerprint density at radius 3 is 2.31 bits per heavy atom. The maximum absolute atomic E-state index is 13.0. The lowest BCUT2D eigenvalue weighted by molar-refractivity contribution is -0.141. The monoisotopic (exact) mass is 354 g/mol. The number of Topliss-reactive ketones (excluding diaryl/α,β-unsaturated/α-hetero) is 1. The molecule has 2 heterocycles. The van der Waals surface area contributed by atoms with Crippen molar-refractivity contribution >= 4 is 17.7 Å². The normalized spacial score (nSPS) is 19.6. The summed E-state index contributed by atoms with van der Waals surface area (Å²) in [5.74, 6) is -2.16. The summed E-state index contributed by atoms with van der Waals surface area (Å²) in [7, 11) is 0. The highest BCUT2D eigenvalue weighted by Gasteiger charge is 2.41. The maximum Gasteiger partial charge on any atom is 0.308 e. The molecule has 26 heavy (non-hydrogen) atoms. The van der Waals surface area contributed by atoms with E-state index < -0.39 is 11.9 Å². The Labute approximate surface area is 151 Å². The van der Waals surface area contributed by atoms with Gasteiger partial charge in [0, 0.05) is 30.3 Å². The smallest absolute Gasteiger partial charge is 0.308 e. The van der Waals surface area contributed by atoms with Crippen molar-refractivity contribution in [3.8, 4) is 0 Å². The van der Waals surface area contributed by atoms with Crippen LogP contribution < -0.4 is 0 Å². The minimum absolute atomic E-state index is 0.0951. The van der Waals surface area contributed by atoms with E-state index in [0.717, 1.165) is 5.56 Å². The summed E-state index contributed by atoms with van der Waals surface area (Å²) in [5.41, 5.74) is 3.09. The summed E-state index contributed by atoms with van der Waals surface area (Å²) >= 11 is 0. The number of hydrogen-bond donors (Lipinski definition) is 2. The van der Waals surface area contributed by atoms with Gasteiger partial charge in [-0.2, -0.15) is 0 Å². The highest BCUT2D eigenvalue weighted by atomic mass is 16.4. The second-order valence-corrected chi connectivity index (χ2v) is 6.85. The van der Waals surface area contributed by atoms with Gasteiger partial charge in [0.2, 0.25) is 0 Å². The standard InChI is InChI=1S/C20H22N2O4/c1-11-17(13(3)23)12(2)21-18(11)19(24)22-9-15(16(10-22)20(25)26)14-7-5-4-6-8-14/h4-8,15-16,21H,9-10H2,1-3H3,(H,25,26)/t15-,16-/m0/s1. The van der Waals surface area contributed by atoms with Crippen LogP contribution in [0.4, 0.5) is 0 Å². The fourth-order valence-corrected chi connectivity index (χ4v) is 3.91. The molecule has 0 saturated carbocycles. The Hall–Kier alpha value is -2.89. The van der Waals surface area contributed by atoms with Gasteiger partial charge in [0.25, 0.3) is 5.91 Å². The van der Waals surface area contributed by atoms with Crippen molar-refractivity contribution in [2.45, 2.75) is 26.7 Å². The zero-order chi connectivity index (χ0) is 19.0. The molecule has 1 amide bonds. The van der Waals surface area contributed by atoms with Crippen molar-refractivity contribution in [1.29, 1.82) is 0 Å². The fraction of sp³-hybridized carbons (Fsp3) is 0.350. The minimum Gasteiger partial charge on any atom is -0.481 e. The number of ketones is 1. The van der Waals surface area contributed by atoms with Gasteiger partial charge in [-0.15, -0.1) is 0 Å². The molecular weight excluding hydrogens is 332 g/mol. The number of carbonyl (C=O) groups excluding carboxylic acids is 2. The SMILES string of the molecule is CC(=O)c1c(C)[nH]c(C(=O)N2C[C@H](C(=O)O)[C@H](c3ccccc3)C2)c1C. The van der Waals surface area contributed by atoms with Gasteiger partial charge in [0.05, 0.1) is 5.92 Å². The maximum atomic E-state index is 13.0. The van der Waals surface area contributed by atoms with E-state index in [1.807, 2.05) is 30.3 Å². The van der Waals surface area contributed by atoms with Crippen LogP contribution in [0.5, 0.6) is 0 Å². The minimum atomic E-state index is -0.905. The third-order valence-electron chi connectivity index (χ3n) is 5.16. The average Bonchev–Trinajstić information content (AvgIpc) is 3.16. The Morgan fingerprint density at radius 1 is 1.12 bits per heavy atom. The molecule has 0 spiro atoms. The third kappa shape index (κ3) is 3.03. The van der Waals surface area contributed by atoms with Gasteiger partial charge in [0.15, 0.2) is 5.78 Å². The van der Waals surface area contributed by atoms with Gasteiger partial charge in [0.1, 0.15) is 5.69 Å². The molecule has 2 N–H and O–H groups in total. The average molecular weight is 354 g/mol. The van der Waals surface area contributed by atoms with Gasteiger partial charge in [-0.05, 0) is 31.9 Å². The number of H-pyrrole nitrogens is 1. The van der Waals surface area contributed by atoms with Crippen LogP contribution in [0, 0.1) is 19.8 Å². The summed E-state index contributed by atoms with van der Waals surface area (Å²) in [6, 6.07) is 9.41. The summed E-state index contributed by atoms with van der Waals surface area (Å²) < 4.78 is 0. The van der Waals surface area contributed by atoms with E-state index in [1.165, 1.54) is 6.92 Å². The number of rotatable bonds is 4. The summed E-state index contributed by atoms with van der Waals surface area (Å²) in [5, 5.41) is 9.60. The van der Waals surface area contributed by atoms with E-state index in [-0.39, 0.29) is 24.2 Å². The Bertz CT molecular complexity index is 869. The van der Waals surface area contributed by atoms with Crippen molar-refractivity contribution < 1.29 is 19.5 Å². The number of aromatic amines is 1. The van der Waals surface area contributed by atoms with Crippen LogP contribution in [0.3, 0.4) is 0 Å². The number of nitrogens with one attached hydrogen (secondary N) is 1. The lowest BCUT2D eigenvalue weighted by Crippen LogP contribution is -2.30. The van der Waals surface area contributed by atoms with Crippen LogP contribution in [0.25, 0.3) is 0 Å². The molecule has 0 unspecified atom stereocenters. The van der Waals surface area contributed by atoms with Crippen molar-refractivity contribution in [3.63, 3.8) is 0 Å². The van der Waals surface area contributed by atoms with E-state index >= 15 is 0 Å². The molecule has 3 rings (SSSR count). The summed E-state index contributed by atoms with van der Waals surface area (Å²) in [6.07, 6.45) is 0. The molecule has 2 aromatic rings. The van der Waals surface area contributed by atoms with Crippen LogP contribution in [0.2, 0.25) is 0 Å². The van der Waals surface area contributed by atoms with Gasteiger partial charge in [-0.3, -0.25) is 14.4 Å². The lowest BCUT2D eigenvalue weighted by Gasteiger charge is -2.16. The van der Waals surface area contributed by atoms with Crippen LogP contribution in [-0.2, 0) is 4.79 Å². The topological polar surface area (TPSA) is 90.5 Å². The first kappa shape index (κ1) is 17.9.